The van der Waals surface area contributed by atoms with Crippen LogP contribution in [0.2, 0.25) is 0 Å². The van der Waals surface area contributed by atoms with E-state index >= 15 is 0 Å². The van der Waals surface area contributed by atoms with Crippen LogP contribution in [0.5, 0.6) is 5.75 Å². The van der Waals surface area contributed by atoms with Crippen LogP contribution in [0.15, 0.2) is 30.3 Å². The fourth-order valence-electron chi connectivity index (χ4n) is 3.31. The topological polar surface area (TPSA) is 43.4 Å². The maximum absolute atomic E-state index is 11.9. The first-order valence-electron chi connectivity index (χ1n) is 11.1. The molecule has 0 spiro atoms. The van der Waals surface area contributed by atoms with Crippen molar-refractivity contribution in [2.45, 2.75) is 103 Å². The van der Waals surface area contributed by atoms with Gasteiger partial charge in [-0.25, -0.2) is 0 Å². The van der Waals surface area contributed by atoms with Gasteiger partial charge in [0.15, 0.2) is 0 Å². The average molecular weight is 437 g/mol. The zero-order valence-corrected chi connectivity index (χ0v) is 22.3. The van der Waals surface area contributed by atoms with E-state index in [1.807, 2.05) is 6.07 Å². The predicted molar refractivity (Wildman–Crippen MR) is 117 cm³/mol. The second kappa shape index (κ2) is 19.6. The van der Waals surface area contributed by atoms with E-state index < -0.39 is 10.1 Å². The third kappa shape index (κ3) is 17.5. The summed E-state index contributed by atoms with van der Waals surface area (Å²) in [5.41, 5.74) is 0. The standard InChI is InChI=1S/C23H40O3S.K.H/c1-2-3-4-5-6-7-8-9-10-11-12-13-14-15-19-22-27(24,25)26-23-20-17-16-18-21-23;;/h16-18,20-21H,2-15,19,22H2,1H3;;/q;+1;-1. The minimum atomic E-state index is -3.45. The first kappa shape index (κ1) is 28.6. The van der Waals surface area contributed by atoms with Crippen LogP contribution < -0.4 is 55.6 Å². The first-order chi connectivity index (χ1) is 13.1. The van der Waals surface area contributed by atoms with Gasteiger partial charge in [-0.15, -0.1) is 0 Å². The molecule has 0 aliphatic rings. The molecule has 0 heterocycles. The van der Waals surface area contributed by atoms with E-state index in [-0.39, 0.29) is 58.6 Å². The molecule has 158 valence electrons. The van der Waals surface area contributed by atoms with Crippen LogP contribution >= 0.6 is 0 Å². The van der Waals surface area contributed by atoms with Crippen LogP contribution in [0.4, 0.5) is 0 Å². The Morgan fingerprint density at radius 3 is 1.50 bits per heavy atom. The minimum Gasteiger partial charge on any atom is -1.00 e. The molecule has 0 saturated heterocycles. The Bertz CT molecular complexity index is 553. The summed E-state index contributed by atoms with van der Waals surface area (Å²) in [6.45, 7) is 2.27. The van der Waals surface area contributed by atoms with Crippen molar-refractivity contribution in [2.24, 2.45) is 0 Å². The molecule has 0 aliphatic heterocycles. The summed E-state index contributed by atoms with van der Waals surface area (Å²) in [6, 6.07) is 8.74. The molecule has 28 heavy (non-hydrogen) atoms. The maximum atomic E-state index is 11.9. The quantitative estimate of drug-likeness (QED) is 0.195. The minimum absolute atomic E-state index is 0. The van der Waals surface area contributed by atoms with Crippen molar-refractivity contribution < 1.29 is 65.4 Å². The van der Waals surface area contributed by atoms with Crippen molar-refractivity contribution in [3.05, 3.63) is 30.3 Å². The Balaban J connectivity index is 0. The molecule has 1 rings (SSSR count). The molecule has 5 heteroatoms. The van der Waals surface area contributed by atoms with Gasteiger partial charge in [-0.3, -0.25) is 0 Å². The summed E-state index contributed by atoms with van der Waals surface area (Å²) in [5, 5.41) is 0. The van der Waals surface area contributed by atoms with Gasteiger partial charge in [0.1, 0.15) is 5.75 Å². The van der Waals surface area contributed by atoms with Gasteiger partial charge in [-0.2, -0.15) is 8.42 Å². The number of hydrogen-bond donors (Lipinski definition) is 0. The molecule has 0 aliphatic carbocycles. The normalized spacial score (nSPS) is 11.2. The molecule has 0 saturated carbocycles. The maximum Gasteiger partial charge on any atom is 1.00 e. The van der Waals surface area contributed by atoms with Gasteiger partial charge in [-0.05, 0) is 18.6 Å². The van der Waals surface area contributed by atoms with E-state index in [1.54, 1.807) is 24.3 Å². The van der Waals surface area contributed by atoms with E-state index in [9.17, 15) is 8.42 Å². The SMILES string of the molecule is CCCCCCCCCCCCCCCCCS(=O)(=O)Oc1ccccc1.[H-].[K+]. The predicted octanol–water partition coefficient (Wildman–Crippen LogP) is 4.38. The van der Waals surface area contributed by atoms with E-state index in [4.69, 9.17) is 4.18 Å². The fraction of sp³-hybridized carbons (Fsp3) is 0.739. The third-order valence-electron chi connectivity index (χ3n) is 4.96. The van der Waals surface area contributed by atoms with Gasteiger partial charge in [0.2, 0.25) is 0 Å². The summed E-state index contributed by atoms with van der Waals surface area (Å²) < 4.78 is 28.9. The average Bonchev–Trinajstić information content (AvgIpc) is 2.65. The molecule has 1 aromatic rings. The summed E-state index contributed by atoms with van der Waals surface area (Å²) in [5.74, 6) is 0.513. The molecular weight excluding hydrogens is 395 g/mol. The van der Waals surface area contributed by atoms with Gasteiger partial charge in [0.25, 0.3) is 0 Å². The molecule has 0 fully saturated rings. The Kier molecular flexibility index (Phi) is 20.0. The molecule has 0 bridgehead atoms. The number of unbranched alkanes of at least 4 members (excludes halogenated alkanes) is 14. The second-order valence-corrected chi connectivity index (χ2v) is 9.30. The molecule has 3 nitrogen and oxygen atoms in total. The molecule has 0 radical (unpaired) electrons. The van der Waals surface area contributed by atoms with Crippen molar-refractivity contribution in [2.75, 3.05) is 5.75 Å². The monoisotopic (exact) mass is 436 g/mol. The van der Waals surface area contributed by atoms with E-state index in [0.717, 1.165) is 12.8 Å². The van der Waals surface area contributed by atoms with Crippen LogP contribution in [0.25, 0.3) is 0 Å². The summed E-state index contributed by atoms with van der Waals surface area (Å²) in [7, 11) is -3.45. The van der Waals surface area contributed by atoms with Crippen LogP contribution in [0, 0.1) is 0 Å². The van der Waals surface area contributed by atoms with Gasteiger partial charge in [0.05, 0.1) is 5.75 Å². The zero-order chi connectivity index (χ0) is 19.6. The first-order valence-corrected chi connectivity index (χ1v) is 12.7. The van der Waals surface area contributed by atoms with Crippen LogP contribution in [-0.4, -0.2) is 14.2 Å². The van der Waals surface area contributed by atoms with Crippen LogP contribution in [0.1, 0.15) is 105 Å². The number of rotatable bonds is 18. The van der Waals surface area contributed by atoms with Gasteiger partial charge >= 0.3 is 61.5 Å². The van der Waals surface area contributed by atoms with Gasteiger partial charge in [-0.1, -0.05) is 115 Å². The summed E-state index contributed by atoms with van der Waals surface area (Å²) >= 11 is 0. The van der Waals surface area contributed by atoms with Crippen molar-refractivity contribution in [1.82, 2.24) is 0 Å². The molecule has 0 N–H and O–H groups in total. The second-order valence-electron chi connectivity index (χ2n) is 7.61. The van der Waals surface area contributed by atoms with Crippen LogP contribution in [0.3, 0.4) is 0 Å². The molecule has 0 amide bonds. The molecular formula is C23H41KO3S. The van der Waals surface area contributed by atoms with E-state index in [0.29, 0.717) is 12.2 Å². The smallest absolute Gasteiger partial charge is 1.00 e. The number of para-hydroxylation sites is 1. The van der Waals surface area contributed by atoms with E-state index in [2.05, 4.69) is 6.92 Å². The Labute approximate surface area is 218 Å². The Hall–Kier alpha value is 0.606. The molecule has 1 aromatic carbocycles. The number of hydrogen-bond acceptors (Lipinski definition) is 3. The van der Waals surface area contributed by atoms with Gasteiger partial charge < -0.3 is 5.61 Å². The molecule has 0 atom stereocenters. The summed E-state index contributed by atoms with van der Waals surface area (Å²) in [4.78, 5) is 0. The third-order valence-corrected chi connectivity index (χ3v) is 6.20. The fourth-order valence-corrected chi connectivity index (χ4v) is 4.36. The molecule has 0 unspecified atom stereocenters. The number of benzene rings is 1. The van der Waals surface area contributed by atoms with E-state index in [1.165, 1.54) is 77.0 Å². The summed E-state index contributed by atoms with van der Waals surface area (Å²) in [6.07, 6.45) is 19.1. The Morgan fingerprint density at radius 1 is 0.679 bits per heavy atom. The zero-order valence-electron chi connectivity index (χ0n) is 19.3. The van der Waals surface area contributed by atoms with Crippen LogP contribution in [-0.2, 0) is 10.1 Å². The van der Waals surface area contributed by atoms with Crippen molar-refractivity contribution in [3.63, 3.8) is 0 Å². The van der Waals surface area contributed by atoms with Gasteiger partial charge in [0, 0.05) is 0 Å². The van der Waals surface area contributed by atoms with Crippen molar-refractivity contribution >= 4 is 10.1 Å². The van der Waals surface area contributed by atoms with Crippen molar-refractivity contribution in [3.8, 4) is 5.75 Å². The van der Waals surface area contributed by atoms with Crippen molar-refractivity contribution in [1.29, 1.82) is 0 Å². The molecule has 0 aromatic heterocycles. The Morgan fingerprint density at radius 2 is 1.07 bits per heavy atom. The largest absolute Gasteiger partial charge is 1.00 e.